The molecule has 0 atom stereocenters. The third-order valence-electron chi connectivity index (χ3n) is 4.10. The molecule has 28 heavy (non-hydrogen) atoms. The van der Waals surface area contributed by atoms with Gasteiger partial charge in [-0.05, 0) is 55.3 Å². The first-order valence-electron chi connectivity index (χ1n) is 9.19. The van der Waals surface area contributed by atoms with E-state index in [0.717, 1.165) is 16.8 Å². The molecule has 0 aliphatic rings. The van der Waals surface area contributed by atoms with Crippen molar-refractivity contribution in [2.75, 3.05) is 23.7 Å². The highest BCUT2D eigenvalue weighted by Gasteiger charge is 2.08. The molecule has 2 aromatic carbocycles. The molecule has 0 aliphatic heterocycles. The van der Waals surface area contributed by atoms with Gasteiger partial charge in [-0.2, -0.15) is 0 Å². The smallest absolute Gasteiger partial charge is 0.323 e. The van der Waals surface area contributed by atoms with E-state index in [1.54, 1.807) is 31.2 Å². The molecule has 0 bridgehead atoms. The number of urea groups is 1. The van der Waals surface area contributed by atoms with Crippen LogP contribution in [0.1, 0.15) is 34.8 Å². The van der Waals surface area contributed by atoms with E-state index < -0.39 is 0 Å². The summed E-state index contributed by atoms with van der Waals surface area (Å²) in [5.74, 6) is -0.291. The zero-order valence-corrected chi connectivity index (χ0v) is 16.4. The lowest BCUT2D eigenvalue weighted by Gasteiger charge is -2.11. The van der Waals surface area contributed by atoms with Crippen LogP contribution >= 0.6 is 0 Å². The van der Waals surface area contributed by atoms with Crippen molar-refractivity contribution in [3.63, 3.8) is 0 Å². The van der Waals surface area contributed by atoms with Crippen LogP contribution in [0, 0.1) is 13.8 Å². The number of nitrogens with one attached hydrogen (secondary N) is 4. The van der Waals surface area contributed by atoms with Crippen LogP contribution < -0.4 is 21.3 Å². The predicted octanol–water partition coefficient (Wildman–Crippen LogP) is 3.20. The van der Waals surface area contributed by atoms with Gasteiger partial charge >= 0.3 is 6.03 Å². The van der Waals surface area contributed by atoms with E-state index >= 15 is 0 Å². The van der Waals surface area contributed by atoms with Crippen molar-refractivity contribution in [1.82, 2.24) is 10.6 Å². The Labute approximate surface area is 164 Å². The van der Waals surface area contributed by atoms with Crippen molar-refractivity contribution in [2.45, 2.75) is 27.2 Å². The Balaban J connectivity index is 1.84. The second-order valence-corrected chi connectivity index (χ2v) is 6.43. The lowest BCUT2D eigenvalue weighted by atomic mass is 10.1. The van der Waals surface area contributed by atoms with Crippen LogP contribution in [0.25, 0.3) is 0 Å². The van der Waals surface area contributed by atoms with Gasteiger partial charge in [-0.15, -0.1) is 0 Å². The quantitative estimate of drug-likeness (QED) is 0.553. The van der Waals surface area contributed by atoms with Gasteiger partial charge in [0.25, 0.3) is 5.91 Å². The predicted molar refractivity (Wildman–Crippen MR) is 111 cm³/mol. The van der Waals surface area contributed by atoms with Gasteiger partial charge in [0.15, 0.2) is 0 Å². The lowest BCUT2D eigenvalue weighted by molar-refractivity contribution is -0.120. The molecule has 2 aromatic rings. The summed E-state index contributed by atoms with van der Waals surface area (Å²) in [4.78, 5) is 35.4. The van der Waals surface area contributed by atoms with Crippen molar-refractivity contribution in [3.8, 4) is 0 Å². The van der Waals surface area contributed by atoms with Crippen molar-refractivity contribution >= 4 is 29.2 Å². The summed E-state index contributed by atoms with van der Waals surface area (Å²) in [5.41, 5.74) is 3.84. The summed E-state index contributed by atoms with van der Waals surface area (Å²) in [6.45, 7) is 6.39. The van der Waals surface area contributed by atoms with Crippen LogP contribution in [0.15, 0.2) is 42.5 Å². The Kier molecular flexibility index (Phi) is 7.56. The maximum atomic E-state index is 12.2. The van der Waals surface area contributed by atoms with Crippen LogP contribution in [0.5, 0.6) is 0 Å². The van der Waals surface area contributed by atoms with Crippen LogP contribution in [0.4, 0.5) is 16.2 Å². The third kappa shape index (κ3) is 6.42. The number of aryl methyl sites for hydroxylation is 2. The van der Waals surface area contributed by atoms with Crippen molar-refractivity contribution in [3.05, 3.63) is 59.2 Å². The van der Waals surface area contributed by atoms with Crippen molar-refractivity contribution in [2.24, 2.45) is 0 Å². The lowest BCUT2D eigenvalue weighted by Crippen LogP contribution is -2.34. The molecule has 0 fully saturated rings. The summed E-state index contributed by atoms with van der Waals surface area (Å²) < 4.78 is 0. The Hall–Kier alpha value is -3.35. The molecule has 0 aromatic heterocycles. The molecule has 0 radical (unpaired) electrons. The summed E-state index contributed by atoms with van der Waals surface area (Å²) >= 11 is 0. The van der Waals surface area contributed by atoms with Gasteiger partial charge in [0.1, 0.15) is 0 Å². The molecule has 0 spiro atoms. The molecule has 0 heterocycles. The summed E-state index contributed by atoms with van der Waals surface area (Å²) in [5, 5.41) is 11.0. The number of anilines is 2. The number of carbonyl (C=O) groups excluding carboxylic acids is 3. The zero-order chi connectivity index (χ0) is 20.5. The first kappa shape index (κ1) is 21.0. The molecule has 7 nitrogen and oxygen atoms in total. The first-order valence-corrected chi connectivity index (χ1v) is 9.19. The van der Waals surface area contributed by atoms with Crippen LogP contribution in [0.2, 0.25) is 0 Å². The molecule has 2 rings (SSSR count). The SMILES string of the molecule is CCC(=O)NCCNC(=O)c1ccc(NC(=O)Nc2cc(C)ccc2C)cc1. The summed E-state index contributed by atoms with van der Waals surface area (Å²) in [6.07, 6.45) is 0.416. The van der Waals surface area contributed by atoms with Crippen LogP contribution in [-0.4, -0.2) is 30.9 Å². The molecule has 4 N–H and O–H groups in total. The summed E-state index contributed by atoms with van der Waals surface area (Å²) in [7, 11) is 0. The van der Waals surface area contributed by atoms with Gasteiger partial charge in [-0.1, -0.05) is 19.1 Å². The number of benzene rings is 2. The third-order valence-corrected chi connectivity index (χ3v) is 4.10. The first-order chi connectivity index (χ1) is 13.4. The van der Waals surface area contributed by atoms with Crippen molar-refractivity contribution in [1.29, 1.82) is 0 Å². The van der Waals surface area contributed by atoms with Crippen LogP contribution in [0.3, 0.4) is 0 Å². The Bertz CT molecular complexity index is 847. The van der Waals surface area contributed by atoms with E-state index in [0.29, 0.717) is 30.8 Å². The highest BCUT2D eigenvalue weighted by molar-refractivity contribution is 6.01. The maximum absolute atomic E-state index is 12.2. The van der Waals surface area contributed by atoms with Crippen molar-refractivity contribution < 1.29 is 14.4 Å². The van der Waals surface area contributed by atoms with E-state index in [4.69, 9.17) is 0 Å². The highest BCUT2D eigenvalue weighted by Crippen LogP contribution is 2.17. The Morgan fingerprint density at radius 2 is 1.54 bits per heavy atom. The van der Waals surface area contributed by atoms with E-state index in [1.165, 1.54) is 0 Å². The molecule has 0 saturated heterocycles. The largest absolute Gasteiger partial charge is 0.354 e. The highest BCUT2D eigenvalue weighted by atomic mass is 16.2. The average Bonchev–Trinajstić information content (AvgIpc) is 2.68. The fourth-order valence-corrected chi connectivity index (χ4v) is 2.47. The number of carbonyl (C=O) groups is 3. The molecule has 148 valence electrons. The number of hydrogen-bond acceptors (Lipinski definition) is 3. The molecule has 0 saturated carbocycles. The number of rotatable bonds is 7. The monoisotopic (exact) mass is 382 g/mol. The summed E-state index contributed by atoms with van der Waals surface area (Å²) in [6, 6.07) is 12.1. The van der Waals surface area contributed by atoms with E-state index in [2.05, 4.69) is 21.3 Å². The maximum Gasteiger partial charge on any atom is 0.323 e. The number of amides is 4. The molecule has 0 unspecified atom stereocenters. The normalized spacial score (nSPS) is 10.1. The minimum atomic E-state index is -0.349. The van der Waals surface area contributed by atoms with Gasteiger partial charge in [0.05, 0.1) is 0 Å². The van der Waals surface area contributed by atoms with E-state index in [-0.39, 0.29) is 17.8 Å². The second kappa shape index (κ2) is 10.1. The second-order valence-electron chi connectivity index (χ2n) is 6.43. The van der Waals surface area contributed by atoms with Gasteiger partial charge in [-0.3, -0.25) is 9.59 Å². The molecule has 0 aliphatic carbocycles. The minimum Gasteiger partial charge on any atom is -0.354 e. The van der Waals surface area contributed by atoms with Gasteiger partial charge in [0, 0.05) is 36.4 Å². The van der Waals surface area contributed by atoms with Gasteiger partial charge in [-0.25, -0.2) is 4.79 Å². The van der Waals surface area contributed by atoms with Gasteiger partial charge < -0.3 is 21.3 Å². The Morgan fingerprint density at radius 3 is 2.21 bits per heavy atom. The average molecular weight is 382 g/mol. The topological polar surface area (TPSA) is 99.3 Å². The molecule has 7 heteroatoms. The standard InChI is InChI=1S/C21H26N4O3/c1-4-19(26)22-11-12-23-20(27)16-7-9-17(10-8-16)24-21(28)25-18-13-14(2)5-6-15(18)3/h5-10,13H,4,11-12H2,1-3H3,(H,22,26)(H,23,27)(H2,24,25,28). The zero-order valence-electron chi connectivity index (χ0n) is 16.4. The Morgan fingerprint density at radius 1 is 0.857 bits per heavy atom. The minimum absolute atomic E-state index is 0.0520. The fraction of sp³-hybridized carbons (Fsp3) is 0.286. The van der Waals surface area contributed by atoms with E-state index in [9.17, 15) is 14.4 Å². The fourth-order valence-electron chi connectivity index (χ4n) is 2.47. The number of hydrogen-bond donors (Lipinski definition) is 4. The van der Waals surface area contributed by atoms with Gasteiger partial charge in [0.2, 0.25) is 5.91 Å². The molecular weight excluding hydrogens is 356 g/mol. The van der Waals surface area contributed by atoms with E-state index in [1.807, 2.05) is 32.0 Å². The molecule has 4 amide bonds. The molecular formula is C21H26N4O3. The van der Waals surface area contributed by atoms with Crippen LogP contribution in [-0.2, 0) is 4.79 Å².